The molecule has 3 aromatic rings. The molecule has 12 nitrogen and oxygen atoms in total. The first-order valence-electron chi connectivity index (χ1n) is 12.2. The molecule has 1 aliphatic rings. The summed E-state index contributed by atoms with van der Waals surface area (Å²) in [7, 11) is 0. The van der Waals surface area contributed by atoms with Crippen molar-refractivity contribution in [2.24, 2.45) is 0 Å². The molecule has 1 unspecified atom stereocenters. The smallest absolute Gasteiger partial charge is 0.299 e. The Balaban J connectivity index is 1.45. The first-order chi connectivity index (χ1) is 18.2. The standard InChI is InChI=1S/C26H28N6O6/c1-19(7-8-20-5-3-2-4-6-20)27-23-17-21(9-11-24(23)31(35)36)28-13-15-29(16-14-28)25-12-10-22(30(33)34)18-26(25)32(37)38/h2-6,9-12,17-19,27H,7-8,13-16H2,1H3. The summed E-state index contributed by atoms with van der Waals surface area (Å²) in [6.45, 7) is 3.94. The summed E-state index contributed by atoms with van der Waals surface area (Å²) in [4.78, 5) is 36.5. The van der Waals surface area contributed by atoms with Crippen molar-refractivity contribution in [3.63, 3.8) is 0 Å². The summed E-state index contributed by atoms with van der Waals surface area (Å²) in [5, 5.41) is 37.6. The largest absolute Gasteiger partial charge is 0.377 e. The second-order valence-electron chi connectivity index (χ2n) is 9.19. The zero-order valence-corrected chi connectivity index (χ0v) is 20.9. The SMILES string of the molecule is CC(CCc1ccccc1)Nc1cc(N2CCN(c3ccc([N+](=O)[O-])cc3[N+](=O)[O-])CC2)ccc1[N+](=O)[O-]. The van der Waals surface area contributed by atoms with Gasteiger partial charge in [0.05, 0.1) is 20.8 Å². The minimum Gasteiger partial charge on any atom is -0.377 e. The van der Waals surface area contributed by atoms with E-state index < -0.39 is 14.8 Å². The van der Waals surface area contributed by atoms with Gasteiger partial charge in [-0.15, -0.1) is 0 Å². The Bertz CT molecular complexity index is 1330. The van der Waals surface area contributed by atoms with Crippen molar-refractivity contribution < 1.29 is 14.8 Å². The summed E-state index contributed by atoms with van der Waals surface area (Å²) in [6, 6.07) is 18.7. The highest BCUT2D eigenvalue weighted by Gasteiger charge is 2.27. The molecule has 1 atom stereocenters. The molecule has 198 valence electrons. The Hall–Kier alpha value is -4.74. The van der Waals surface area contributed by atoms with Crippen molar-refractivity contribution in [3.8, 4) is 0 Å². The summed E-state index contributed by atoms with van der Waals surface area (Å²) < 4.78 is 0. The van der Waals surface area contributed by atoms with Crippen LogP contribution in [-0.4, -0.2) is 47.0 Å². The van der Waals surface area contributed by atoms with Crippen LogP contribution in [0.15, 0.2) is 66.7 Å². The molecule has 1 N–H and O–H groups in total. The molecule has 0 amide bonds. The van der Waals surface area contributed by atoms with E-state index in [-0.39, 0.29) is 23.1 Å². The molecule has 0 saturated carbocycles. The molecule has 4 rings (SSSR count). The van der Waals surface area contributed by atoms with Gasteiger partial charge in [-0.1, -0.05) is 30.3 Å². The van der Waals surface area contributed by atoms with E-state index in [1.165, 1.54) is 23.8 Å². The van der Waals surface area contributed by atoms with E-state index in [1.54, 1.807) is 12.1 Å². The van der Waals surface area contributed by atoms with Crippen LogP contribution in [0.5, 0.6) is 0 Å². The molecule has 0 aromatic heterocycles. The first-order valence-corrected chi connectivity index (χ1v) is 12.2. The molecule has 1 aliphatic heterocycles. The van der Waals surface area contributed by atoms with E-state index in [0.29, 0.717) is 37.6 Å². The van der Waals surface area contributed by atoms with Crippen molar-refractivity contribution in [1.82, 2.24) is 0 Å². The molecular weight excluding hydrogens is 492 g/mol. The number of non-ortho nitro benzene ring substituents is 1. The number of rotatable bonds is 10. The van der Waals surface area contributed by atoms with E-state index in [0.717, 1.165) is 24.6 Å². The minimum atomic E-state index is -0.655. The van der Waals surface area contributed by atoms with Crippen LogP contribution in [0.1, 0.15) is 18.9 Å². The zero-order valence-electron chi connectivity index (χ0n) is 20.9. The van der Waals surface area contributed by atoms with Gasteiger partial charge in [-0.05, 0) is 43.5 Å². The van der Waals surface area contributed by atoms with Crippen LogP contribution in [0.25, 0.3) is 0 Å². The number of nitro benzene ring substituents is 3. The van der Waals surface area contributed by atoms with Crippen LogP contribution in [0, 0.1) is 30.3 Å². The summed E-state index contributed by atoms with van der Waals surface area (Å²) in [5.74, 6) is 0. The highest BCUT2D eigenvalue weighted by Crippen LogP contribution is 2.34. The third-order valence-corrected chi connectivity index (χ3v) is 6.64. The van der Waals surface area contributed by atoms with Gasteiger partial charge in [-0.3, -0.25) is 30.3 Å². The second kappa shape index (κ2) is 11.5. The quantitative estimate of drug-likeness (QED) is 0.282. The van der Waals surface area contributed by atoms with Crippen LogP contribution in [-0.2, 0) is 6.42 Å². The topological polar surface area (TPSA) is 148 Å². The van der Waals surface area contributed by atoms with Crippen molar-refractivity contribution in [2.45, 2.75) is 25.8 Å². The number of nitrogens with zero attached hydrogens (tertiary/aromatic N) is 5. The first kappa shape index (κ1) is 26.3. The average Bonchev–Trinajstić information content (AvgIpc) is 2.92. The van der Waals surface area contributed by atoms with Crippen molar-refractivity contribution in [2.75, 3.05) is 41.3 Å². The predicted octanol–water partition coefficient (Wildman–Crippen LogP) is 5.17. The van der Waals surface area contributed by atoms with Crippen molar-refractivity contribution in [1.29, 1.82) is 0 Å². The Kier molecular flexibility index (Phi) is 8.00. The van der Waals surface area contributed by atoms with Crippen LogP contribution in [0.4, 0.5) is 34.1 Å². The number of nitrogens with one attached hydrogen (secondary N) is 1. The van der Waals surface area contributed by atoms with Gasteiger partial charge in [0, 0.05) is 50.0 Å². The van der Waals surface area contributed by atoms with Gasteiger partial charge in [-0.25, -0.2) is 0 Å². The lowest BCUT2D eigenvalue weighted by Gasteiger charge is -2.37. The average molecular weight is 521 g/mol. The monoisotopic (exact) mass is 520 g/mol. The lowest BCUT2D eigenvalue weighted by atomic mass is 10.1. The molecule has 0 radical (unpaired) electrons. The number of hydrogen-bond donors (Lipinski definition) is 1. The Morgan fingerprint density at radius 2 is 1.45 bits per heavy atom. The fourth-order valence-corrected chi connectivity index (χ4v) is 4.61. The highest BCUT2D eigenvalue weighted by atomic mass is 16.6. The third kappa shape index (κ3) is 6.14. The van der Waals surface area contributed by atoms with Gasteiger partial charge in [0.25, 0.3) is 17.1 Å². The maximum Gasteiger partial charge on any atom is 0.299 e. The molecule has 0 aliphatic carbocycles. The Morgan fingerprint density at radius 1 is 0.789 bits per heavy atom. The molecule has 1 heterocycles. The molecular formula is C26H28N6O6. The van der Waals surface area contributed by atoms with Gasteiger partial charge in [0.2, 0.25) is 0 Å². The minimum absolute atomic E-state index is 0.000418. The van der Waals surface area contributed by atoms with Crippen LogP contribution in [0.2, 0.25) is 0 Å². The molecule has 0 spiro atoms. The lowest BCUT2D eigenvalue weighted by molar-refractivity contribution is -0.393. The van der Waals surface area contributed by atoms with E-state index >= 15 is 0 Å². The zero-order chi connectivity index (χ0) is 27.2. The number of piperazine rings is 1. The maximum absolute atomic E-state index is 11.7. The number of hydrogen-bond acceptors (Lipinski definition) is 9. The normalized spacial score (nSPS) is 14.1. The fourth-order valence-electron chi connectivity index (χ4n) is 4.61. The maximum atomic E-state index is 11.7. The third-order valence-electron chi connectivity index (χ3n) is 6.64. The molecule has 12 heteroatoms. The molecule has 1 saturated heterocycles. The van der Waals surface area contributed by atoms with Crippen molar-refractivity contribution in [3.05, 3.63) is 103 Å². The van der Waals surface area contributed by atoms with Crippen LogP contribution in [0.3, 0.4) is 0 Å². The van der Waals surface area contributed by atoms with Crippen LogP contribution < -0.4 is 15.1 Å². The van der Waals surface area contributed by atoms with Crippen molar-refractivity contribution >= 4 is 34.1 Å². The Labute approximate surface area is 218 Å². The summed E-state index contributed by atoms with van der Waals surface area (Å²) in [5.41, 5.74) is 2.16. The fraction of sp³-hybridized carbons (Fsp3) is 0.308. The van der Waals surface area contributed by atoms with Gasteiger partial charge in [0.15, 0.2) is 0 Å². The van der Waals surface area contributed by atoms with Gasteiger partial charge in [0.1, 0.15) is 11.4 Å². The highest BCUT2D eigenvalue weighted by molar-refractivity contribution is 5.71. The second-order valence-corrected chi connectivity index (χ2v) is 9.19. The summed E-state index contributed by atoms with van der Waals surface area (Å²) in [6.07, 6.45) is 1.65. The molecule has 1 fully saturated rings. The molecule has 0 bridgehead atoms. The van der Waals surface area contributed by atoms with Gasteiger partial charge >= 0.3 is 0 Å². The predicted molar refractivity (Wildman–Crippen MR) is 145 cm³/mol. The van der Waals surface area contributed by atoms with Gasteiger partial charge < -0.3 is 15.1 Å². The van der Waals surface area contributed by atoms with E-state index in [4.69, 9.17) is 0 Å². The number of nitro groups is 3. The Morgan fingerprint density at radius 3 is 2.08 bits per heavy atom. The summed E-state index contributed by atoms with van der Waals surface area (Å²) >= 11 is 0. The number of anilines is 3. The molecule has 3 aromatic carbocycles. The van der Waals surface area contributed by atoms with Gasteiger partial charge in [-0.2, -0.15) is 0 Å². The number of aryl methyl sites for hydroxylation is 1. The van der Waals surface area contributed by atoms with Crippen LogP contribution >= 0.6 is 0 Å². The van der Waals surface area contributed by atoms with E-state index in [9.17, 15) is 30.3 Å². The van der Waals surface area contributed by atoms with E-state index in [1.807, 2.05) is 30.0 Å². The lowest BCUT2D eigenvalue weighted by Crippen LogP contribution is -2.46. The number of benzene rings is 3. The molecule has 38 heavy (non-hydrogen) atoms. The van der Waals surface area contributed by atoms with E-state index in [2.05, 4.69) is 22.3 Å².